The molecule has 2 aliphatic carbocycles. The minimum atomic E-state index is -1.17. The van der Waals surface area contributed by atoms with Crippen LogP contribution in [0.5, 0.6) is 0 Å². The van der Waals surface area contributed by atoms with Crippen LogP contribution in [-0.2, 0) is 33.6 Å². The number of hydrogen-bond acceptors (Lipinski definition) is 8. The lowest BCUT2D eigenvalue weighted by atomic mass is 9.71. The van der Waals surface area contributed by atoms with Crippen molar-refractivity contribution in [2.24, 2.45) is 16.7 Å². The van der Waals surface area contributed by atoms with Crippen LogP contribution in [0.3, 0.4) is 0 Å². The first-order valence-corrected chi connectivity index (χ1v) is 11.6. The molecule has 0 radical (unpaired) electrons. The molecule has 8 heteroatoms. The molecule has 7 rings (SSSR count). The van der Waals surface area contributed by atoms with Crippen molar-refractivity contribution in [2.45, 2.75) is 75.7 Å². The molecule has 0 bridgehead atoms. The van der Waals surface area contributed by atoms with E-state index < -0.39 is 22.4 Å². The summed E-state index contributed by atoms with van der Waals surface area (Å²) in [6.45, 7) is 5.81. The molecule has 0 N–H and O–H groups in total. The molecule has 33 heavy (non-hydrogen) atoms. The number of furan rings is 1. The minimum Gasteiger partial charge on any atom is -0.472 e. The van der Waals surface area contributed by atoms with Crippen molar-refractivity contribution >= 4 is 11.9 Å². The molecule has 2 saturated carbocycles. The lowest BCUT2D eigenvalue weighted by Crippen LogP contribution is -2.45. The Bertz CT molecular complexity index is 1130. The fourth-order valence-corrected chi connectivity index (χ4v) is 7.45. The molecule has 7 atom stereocenters. The van der Waals surface area contributed by atoms with E-state index >= 15 is 0 Å². The van der Waals surface area contributed by atoms with Crippen LogP contribution in [0.1, 0.15) is 58.1 Å². The third-order valence-corrected chi connectivity index (χ3v) is 8.93. The van der Waals surface area contributed by atoms with Crippen LogP contribution in [-0.4, -0.2) is 35.0 Å². The van der Waals surface area contributed by atoms with Crippen LogP contribution < -0.4 is 0 Å². The van der Waals surface area contributed by atoms with Gasteiger partial charge in [-0.05, 0) is 63.8 Å². The van der Waals surface area contributed by atoms with E-state index in [9.17, 15) is 9.59 Å². The molecule has 174 valence electrons. The van der Waals surface area contributed by atoms with Crippen LogP contribution in [0.25, 0.3) is 0 Å². The van der Waals surface area contributed by atoms with Crippen molar-refractivity contribution in [3.05, 3.63) is 48.0 Å². The molecule has 0 aromatic carbocycles. The van der Waals surface area contributed by atoms with E-state index in [0.717, 1.165) is 30.4 Å². The third kappa shape index (κ3) is 2.32. The van der Waals surface area contributed by atoms with Gasteiger partial charge in [-0.2, -0.15) is 4.89 Å². The molecule has 1 aromatic rings. The predicted molar refractivity (Wildman–Crippen MR) is 110 cm³/mol. The summed E-state index contributed by atoms with van der Waals surface area (Å²) >= 11 is 0. The van der Waals surface area contributed by atoms with Gasteiger partial charge in [0.15, 0.2) is 0 Å². The zero-order valence-electron chi connectivity index (χ0n) is 18.8. The monoisotopic (exact) mass is 454 g/mol. The van der Waals surface area contributed by atoms with E-state index in [1.807, 2.05) is 32.9 Å². The maximum Gasteiger partial charge on any atom is 0.331 e. The standard InChI is InChI=1S/C25H26O8/c1-21(2)17(22(3)7-5-18(26)30-22)11-24(32-21)10-15-16(31-33-24)4-8-23-13-25(15,23)20(27)29-19(23)14-6-9-28-12-14/h5-7,9-10,12,16-17,19H,4,8,11,13H2,1-3H3. The number of hydrogen-bond donors (Lipinski definition) is 0. The van der Waals surface area contributed by atoms with Gasteiger partial charge in [0.05, 0.1) is 18.1 Å². The van der Waals surface area contributed by atoms with Crippen molar-refractivity contribution < 1.29 is 38.0 Å². The van der Waals surface area contributed by atoms with Crippen LogP contribution in [0, 0.1) is 16.7 Å². The maximum atomic E-state index is 13.3. The highest BCUT2D eigenvalue weighted by atomic mass is 17.2. The molecule has 2 saturated heterocycles. The lowest BCUT2D eigenvalue weighted by Gasteiger charge is -2.40. The van der Waals surface area contributed by atoms with E-state index in [1.54, 1.807) is 18.6 Å². The molecule has 8 nitrogen and oxygen atoms in total. The van der Waals surface area contributed by atoms with Crippen molar-refractivity contribution in [3.8, 4) is 0 Å². The van der Waals surface area contributed by atoms with Crippen molar-refractivity contribution in [3.63, 3.8) is 0 Å². The Labute approximate surface area is 190 Å². The Balaban J connectivity index is 1.27. The first-order valence-electron chi connectivity index (χ1n) is 11.6. The Hall–Kier alpha value is -2.42. The van der Waals surface area contributed by atoms with Crippen LogP contribution >= 0.6 is 0 Å². The number of carbonyl (C=O) groups is 2. The lowest BCUT2D eigenvalue weighted by molar-refractivity contribution is -0.435. The Kier molecular flexibility index (Phi) is 3.51. The minimum absolute atomic E-state index is 0.177. The van der Waals surface area contributed by atoms with Gasteiger partial charge in [-0.3, -0.25) is 4.79 Å². The van der Waals surface area contributed by atoms with E-state index in [1.165, 1.54) is 6.08 Å². The summed E-state index contributed by atoms with van der Waals surface area (Å²) in [6.07, 6.45) is 10.5. The number of cyclic esters (lactones) is 2. The second-order valence-electron chi connectivity index (χ2n) is 11.1. The molecule has 7 unspecified atom stereocenters. The van der Waals surface area contributed by atoms with Gasteiger partial charge in [0.1, 0.15) is 23.2 Å². The quantitative estimate of drug-likeness (QED) is 0.380. The van der Waals surface area contributed by atoms with Gasteiger partial charge in [0.25, 0.3) is 0 Å². The van der Waals surface area contributed by atoms with Gasteiger partial charge in [0, 0.05) is 29.4 Å². The Morgan fingerprint density at radius 1 is 1.15 bits per heavy atom. The highest BCUT2D eigenvalue weighted by molar-refractivity contribution is 5.90. The van der Waals surface area contributed by atoms with Gasteiger partial charge in [-0.25, -0.2) is 9.68 Å². The molecule has 4 aliphatic heterocycles. The van der Waals surface area contributed by atoms with E-state index in [2.05, 4.69) is 0 Å². The summed E-state index contributed by atoms with van der Waals surface area (Å²) in [4.78, 5) is 37.0. The molecule has 5 heterocycles. The fourth-order valence-electron chi connectivity index (χ4n) is 7.45. The van der Waals surface area contributed by atoms with Gasteiger partial charge in [0.2, 0.25) is 5.79 Å². The topological polar surface area (TPSA) is 93.4 Å². The summed E-state index contributed by atoms with van der Waals surface area (Å²) in [6, 6.07) is 1.87. The summed E-state index contributed by atoms with van der Waals surface area (Å²) in [5.41, 5.74) is -0.692. The summed E-state index contributed by atoms with van der Waals surface area (Å²) in [5.74, 6) is -1.91. The molecule has 0 amide bonds. The molecular formula is C25H26O8. The summed E-state index contributed by atoms with van der Waals surface area (Å²) in [5, 5.41) is 0. The maximum absolute atomic E-state index is 13.3. The fraction of sp³-hybridized carbons (Fsp3) is 0.600. The van der Waals surface area contributed by atoms with Crippen molar-refractivity contribution in [1.29, 1.82) is 0 Å². The Morgan fingerprint density at radius 3 is 2.73 bits per heavy atom. The average Bonchev–Trinajstić information content (AvgIpc) is 3.11. The van der Waals surface area contributed by atoms with Crippen LogP contribution in [0.4, 0.5) is 0 Å². The molecule has 4 fully saturated rings. The highest BCUT2D eigenvalue weighted by Crippen LogP contribution is 2.83. The van der Waals surface area contributed by atoms with Gasteiger partial charge >= 0.3 is 11.9 Å². The first-order chi connectivity index (χ1) is 15.6. The number of fused-ring (bicyclic) bond motifs is 1. The highest BCUT2D eigenvalue weighted by Gasteiger charge is 2.85. The second-order valence-corrected chi connectivity index (χ2v) is 11.1. The van der Waals surface area contributed by atoms with Gasteiger partial charge < -0.3 is 18.6 Å². The number of rotatable bonds is 2. The normalized spacial score (nSPS) is 48.7. The zero-order valence-corrected chi connectivity index (χ0v) is 18.8. The number of esters is 2. The van der Waals surface area contributed by atoms with E-state index in [4.69, 9.17) is 28.4 Å². The van der Waals surface area contributed by atoms with E-state index in [0.29, 0.717) is 6.42 Å². The predicted octanol–water partition coefficient (Wildman–Crippen LogP) is 3.69. The van der Waals surface area contributed by atoms with Crippen LogP contribution in [0.15, 0.2) is 46.8 Å². The second kappa shape index (κ2) is 5.79. The largest absolute Gasteiger partial charge is 0.472 e. The third-order valence-electron chi connectivity index (χ3n) is 8.93. The van der Waals surface area contributed by atoms with Crippen molar-refractivity contribution in [1.82, 2.24) is 0 Å². The smallest absolute Gasteiger partial charge is 0.331 e. The summed E-state index contributed by atoms with van der Waals surface area (Å²) < 4.78 is 23.3. The molecular weight excluding hydrogens is 428 g/mol. The van der Waals surface area contributed by atoms with Crippen molar-refractivity contribution in [2.75, 3.05) is 0 Å². The summed E-state index contributed by atoms with van der Waals surface area (Å²) in [7, 11) is 0. The first kappa shape index (κ1) is 20.0. The molecule has 1 spiro atoms. The average molecular weight is 454 g/mol. The molecule has 1 aromatic heterocycles. The zero-order chi connectivity index (χ0) is 22.9. The van der Waals surface area contributed by atoms with E-state index in [-0.39, 0.29) is 35.5 Å². The number of ether oxygens (including phenoxy) is 3. The number of carbonyl (C=O) groups excluding carboxylic acids is 2. The Morgan fingerprint density at radius 2 is 2.00 bits per heavy atom. The molecule has 6 aliphatic rings. The SMILES string of the molecule is CC1(C)OC2(C=C3C(CCC45CC34C(=O)OC5c3ccoc3)OO2)CC1C1(C)C=CC(=O)O1. The van der Waals surface area contributed by atoms with Gasteiger partial charge in [-0.15, -0.1) is 0 Å². The van der Waals surface area contributed by atoms with Crippen LogP contribution in [0.2, 0.25) is 0 Å². The van der Waals surface area contributed by atoms with Gasteiger partial charge in [-0.1, -0.05) is 0 Å².